The van der Waals surface area contributed by atoms with Crippen molar-refractivity contribution in [1.29, 1.82) is 0 Å². The quantitative estimate of drug-likeness (QED) is 0.0490. The summed E-state index contributed by atoms with van der Waals surface area (Å²) in [5.74, 6) is 0. The summed E-state index contributed by atoms with van der Waals surface area (Å²) in [6.45, 7) is 2.29. The predicted molar refractivity (Wildman–Crippen MR) is 281 cm³/mol. The summed E-state index contributed by atoms with van der Waals surface area (Å²) >= 11 is 0. The maximum Gasteiger partial charge on any atom is 0.111 e. The van der Waals surface area contributed by atoms with Crippen molar-refractivity contribution < 1.29 is 0 Å². The molecule has 8 aromatic carbocycles. The normalized spacial score (nSPS) is 11.9. The van der Waals surface area contributed by atoms with Crippen molar-refractivity contribution in [2.24, 2.45) is 10.2 Å². The number of para-hydroxylation sites is 6. The molecular formula is C60H56N6. The lowest BCUT2D eigenvalue weighted by Crippen LogP contribution is -2.18. The van der Waals surface area contributed by atoms with E-state index in [0.717, 1.165) is 46.7 Å². The summed E-state index contributed by atoms with van der Waals surface area (Å²) in [5.41, 5.74) is 11.1. The Morgan fingerprint density at radius 1 is 0.379 bits per heavy atom. The molecule has 0 amide bonds. The number of hydrazone groups is 2. The second-order valence-corrected chi connectivity index (χ2v) is 17.2. The van der Waals surface area contributed by atoms with Gasteiger partial charge in [0, 0.05) is 21.5 Å². The van der Waals surface area contributed by atoms with Crippen LogP contribution >= 0.6 is 0 Å². The molecule has 10 rings (SSSR count). The lowest BCUT2D eigenvalue weighted by molar-refractivity contribution is 0.418. The van der Waals surface area contributed by atoms with Gasteiger partial charge < -0.3 is 9.13 Å². The molecule has 0 saturated heterocycles. The fourth-order valence-electron chi connectivity index (χ4n) is 9.59. The van der Waals surface area contributed by atoms with Crippen molar-refractivity contribution >= 4 is 78.8 Å². The highest BCUT2D eigenvalue weighted by molar-refractivity contribution is 6.11. The summed E-state index contributed by atoms with van der Waals surface area (Å²) < 4.78 is 5.25. The summed E-state index contributed by atoms with van der Waals surface area (Å²) in [6, 6.07) is 73.0. The van der Waals surface area contributed by atoms with Gasteiger partial charge in [-0.05, 0) is 109 Å². The molecule has 326 valence electrons. The zero-order valence-electron chi connectivity index (χ0n) is 37.7. The molecule has 0 unspecified atom stereocenters. The highest BCUT2D eigenvalue weighted by Gasteiger charge is 2.24. The number of hydrogen-bond donors (Lipinski definition) is 0. The van der Waals surface area contributed by atoms with Crippen LogP contribution in [0.1, 0.15) is 75.6 Å². The molecule has 2 heterocycles. The Bertz CT molecular complexity index is 2930. The molecule has 0 aliphatic rings. The molecule has 0 saturated carbocycles. The van der Waals surface area contributed by atoms with Crippen molar-refractivity contribution in [3.05, 3.63) is 217 Å². The van der Waals surface area contributed by atoms with Crippen molar-refractivity contribution in [2.75, 3.05) is 10.0 Å². The van der Waals surface area contributed by atoms with Crippen LogP contribution in [0.4, 0.5) is 22.7 Å². The molecule has 0 bridgehead atoms. The molecule has 0 radical (unpaired) electrons. The Labute approximate surface area is 388 Å². The van der Waals surface area contributed by atoms with Crippen LogP contribution < -0.4 is 10.0 Å². The monoisotopic (exact) mass is 860 g/mol. The molecule has 0 aliphatic carbocycles. The summed E-state index contributed by atoms with van der Waals surface area (Å²) in [6.07, 6.45) is 13.9. The first-order valence-corrected chi connectivity index (χ1v) is 23.7. The van der Waals surface area contributed by atoms with E-state index in [1.807, 2.05) is 46.7 Å². The lowest BCUT2D eigenvalue weighted by atomic mass is 10.1. The first-order valence-electron chi connectivity index (χ1n) is 23.7. The van der Waals surface area contributed by atoms with Crippen LogP contribution in [0.5, 0.6) is 0 Å². The van der Waals surface area contributed by atoms with Gasteiger partial charge in [0.15, 0.2) is 0 Å². The number of unbranched alkanes of at least 4 members (excludes halogenated alkanes) is 6. The second kappa shape index (κ2) is 20.0. The molecule has 10 aromatic rings. The van der Waals surface area contributed by atoms with Crippen LogP contribution in [0.25, 0.3) is 43.6 Å². The number of aromatic nitrogens is 2. The fourth-order valence-corrected chi connectivity index (χ4v) is 9.59. The highest BCUT2D eigenvalue weighted by atomic mass is 15.5. The molecule has 2 aromatic heterocycles. The van der Waals surface area contributed by atoms with E-state index < -0.39 is 0 Å². The van der Waals surface area contributed by atoms with Crippen LogP contribution in [0.3, 0.4) is 0 Å². The number of benzene rings is 8. The van der Waals surface area contributed by atoms with E-state index >= 15 is 0 Å². The van der Waals surface area contributed by atoms with Crippen molar-refractivity contribution in [3.63, 3.8) is 0 Å². The number of fused-ring (bicyclic) bond motifs is 6. The van der Waals surface area contributed by atoms with Crippen LogP contribution in [0, 0.1) is 0 Å². The Balaban J connectivity index is 1.07. The number of anilines is 4. The van der Waals surface area contributed by atoms with Gasteiger partial charge in [0.05, 0.1) is 57.2 Å². The van der Waals surface area contributed by atoms with Crippen molar-refractivity contribution in [2.45, 2.75) is 64.5 Å². The van der Waals surface area contributed by atoms with E-state index in [0.29, 0.717) is 0 Å². The average Bonchev–Trinajstić information content (AvgIpc) is 3.88. The van der Waals surface area contributed by atoms with E-state index in [9.17, 15) is 0 Å². The zero-order valence-corrected chi connectivity index (χ0v) is 37.7. The van der Waals surface area contributed by atoms with Gasteiger partial charge in [-0.2, -0.15) is 10.2 Å². The molecule has 6 heteroatoms. The van der Waals surface area contributed by atoms with Crippen molar-refractivity contribution in [1.82, 2.24) is 9.13 Å². The predicted octanol–water partition coefficient (Wildman–Crippen LogP) is 16.4. The Hall–Kier alpha value is -7.70. The maximum absolute atomic E-state index is 5.09. The molecule has 66 heavy (non-hydrogen) atoms. The summed E-state index contributed by atoms with van der Waals surface area (Å²) in [4.78, 5) is 0. The molecule has 0 atom stereocenters. The molecule has 0 aliphatic heterocycles. The van der Waals surface area contributed by atoms with Gasteiger partial charge in [-0.1, -0.05) is 167 Å². The number of rotatable bonds is 18. The molecule has 0 N–H and O–H groups in total. The van der Waals surface area contributed by atoms with E-state index in [2.05, 4.69) is 198 Å². The first-order chi connectivity index (χ1) is 32.7. The van der Waals surface area contributed by atoms with E-state index in [1.54, 1.807) is 0 Å². The molecule has 0 spiro atoms. The molecular weight excluding hydrogens is 805 g/mol. The van der Waals surface area contributed by atoms with Crippen LogP contribution in [-0.4, -0.2) is 21.6 Å². The van der Waals surface area contributed by atoms with Gasteiger partial charge in [0.1, 0.15) is 6.17 Å². The van der Waals surface area contributed by atoms with Crippen LogP contribution in [0.15, 0.2) is 216 Å². The standard InChI is InChI=1S/C60H56N6/c1-2-3-4-5-6-7-20-37-60(63-56-35-23-21-33-52(56)54-42-46(38-40-58(54)63)44-61-65(48-25-12-8-13-26-48)49-27-14-9-15-28-49)64-57-36-24-22-34-53(57)55-43-47(39-41-59(55)64)45-62-66(50-29-16-10-17-30-50)51-31-18-11-19-32-51/h8-19,21-36,38-45,60H,2-7,20,37H2,1H3/b61-44+,62-45+. The van der Waals surface area contributed by atoms with Gasteiger partial charge in [-0.25, -0.2) is 10.0 Å². The van der Waals surface area contributed by atoms with Gasteiger partial charge in [-0.15, -0.1) is 0 Å². The minimum Gasteiger partial charge on any atom is -0.319 e. The minimum atomic E-state index is 0.0304. The van der Waals surface area contributed by atoms with E-state index in [1.165, 1.54) is 82.1 Å². The molecule has 6 nitrogen and oxygen atoms in total. The van der Waals surface area contributed by atoms with E-state index in [4.69, 9.17) is 10.2 Å². The van der Waals surface area contributed by atoms with E-state index in [-0.39, 0.29) is 6.17 Å². The van der Waals surface area contributed by atoms with Crippen LogP contribution in [-0.2, 0) is 0 Å². The fraction of sp³-hybridized carbons (Fsp3) is 0.167. The Morgan fingerprint density at radius 3 is 1.14 bits per heavy atom. The average molecular weight is 861 g/mol. The largest absolute Gasteiger partial charge is 0.319 e. The Kier molecular flexibility index (Phi) is 12.8. The van der Waals surface area contributed by atoms with Gasteiger partial charge in [0.25, 0.3) is 0 Å². The number of hydrogen-bond acceptors (Lipinski definition) is 4. The van der Waals surface area contributed by atoms with Crippen LogP contribution in [0.2, 0.25) is 0 Å². The lowest BCUT2D eigenvalue weighted by Gasteiger charge is -2.26. The van der Waals surface area contributed by atoms with Gasteiger partial charge in [-0.3, -0.25) is 0 Å². The van der Waals surface area contributed by atoms with Gasteiger partial charge in [0.2, 0.25) is 0 Å². The third-order valence-electron chi connectivity index (χ3n) is 12.8. The third-order valence-corrected chi connectivity index (χ3v) is 12.8. The molecule has 0 fully saturated rings. The Morgan fingerprint density at radius 2 is 0.727 bits per heavy atom. The minimum absolute atomic E-state index is 0.0304. The SMILES string of the molecule is CCCCCCCCCC(n1c2ccccc2c2cc(/C=N/N(c3ccccc3)c3ccccc3)ccc21)n1c2ccccc2c2cc(/C=N/N(c3ccccc3)c3ccccc3)ccc21. The topological polar surface area (TPSA) is 41.1 Å². The highest BCUT2D eigenvalue weighted by Crippen LogP contribution is 2.40. The smallest absolute Gasteiger partial charge is 0.111 e. The second-order valence-electron chi connectivity index (χ2n) is 17.2. The van der Waals surface area contributed by atoms with Gasteiger partial charge >= 0.3 is 0 Å². The summed E-state index contributed by atoms with van der Waals surface area (Å²) in [7, 11) is 0. The summed E-state index contributed by atoms with van der Waals surface area (Å²) in [5, 5.41) is 19.2. The number of nitrogens with zero attached hydrogens (tertiary/aromatic N) is 6. The van der Waals surface area contributed by atoms with Crippen molar-refractivity contribution in [3.8, 4) is 0 Å². The maximum atomic E-state index is 5.09. The zero-order chi connectivity index (χ0) is 44.5. The first kappa shape index (κ1) is 42.3. The third kappa shape index (κ3) is 8.87.